The standard InChI is InChI=1S/C20H23FO2/c1-5-8-9-17(19(7-3)22-4)18-13-15(21)12-14-10-11-16(6-2)23-20(14)18/h7-13,16H,3,5-6H2,1-2,4H3/b9-8-,19-17-/t16-/m0/s1. The predicted molar refractivity (Wildman–Crippen MR) is 93.7 cm³/mol. The minimum absolute atomic E-state index is 0.00200. The molecule has 0 radical (unpaired) electrons. The highest BCUT2D eigenvalue weighted by Crippen LogP contribution is 2.38. The summed E-state index contributed by atoms with van der Waals surface area (Å²) in [4.78, 5) is 0. The Morgan fingerprint density at radius 3 is 2.78 bits per heavy atom. The maximum absolute atomic E-state index is 14.1. The topological polar surface area (TPSA) is 18.5 Å². The Morgan fingerprint density at radius 1 is 1.39 bits per heavy atom. The monoisotopic (exact) mass is 314 g/mol. The molecule has 1 aromatic carbocycles. The van der Waals surface area contributed by atoms with Crippen LogP contribution in [0.3, 0.4) is 0 Å². The Kier molecular flexibility index (Phi) is 5.80. The van der Waals surface area contributed by atoms with Gasteiger partial charge in [-0.15, -0.1) is 0 Å². The van der Waals surface area contributed by atoms with E-state index in [9.17, 15) is 4.39 Å². The van der Waals surface area contributed by atoms with Crippen molar-refractivity contribution in [3.05, 3.63) is 65.7 Å². The van der Waals surface area contributed by atoms with Gasteiger partial charge in [0.05, 0.1) is 7.11 Å². The molecule has 0 N–H and O–H groups in total. The Morgan fingerprint density at radius 2 is 2.17 bits per heavy atom. The molecule has 0 saturated carbocycles. The summed E-state index contributed by atoms with van der Waals surface area (Å²) < 4.78 is 25.6. The van der Waals surface area contributed by atoms with E-state index < -0.39 is 0 Å². The van der Waals surface area contributed by atoms with Crippen LogP contribution in [0.5, 0.6) is 5.75 Å². The fraction of sp³-hybridized carbons (Fsp3) is 0.300. The van der Waals surface area contributed by atoms with Crippen LogP contribution in [0.15, 0.2) is 48.8 Å². The lowest BCUT2D eigenvalue weighted by molar-refractivity contribution is 0.240. The highest BCUT2D eigenvalue weighted by Gasteiger charge is 2.21. The Bertz CT molecular complexity index is 668. The zero-order chi connectivity index (χ0) is 16.8. The maximum atomic E-state index is 14.1. The molecule has 0 spiro atoms. The van der Waals surface area contributed by atoms with Crippen molar-refractivity contribution in [3.63, 3.8) is 0 Å². The number of ether oxygens (including phenoxy) is 2. The number of rotatable bonds is 6. The smallest absolute Gasteiger partial charge is 0.135 e. The first-order chi connectivity index (χ1) is 11.1. The summed E-state index contributed by atoms with van der Waals surface area (Å²) >= 11 is 0. The van der Waals surface area contributed by atoms with Crippen LogP contribution >= 0.6 is 0 Å². The van der Waals surface area contributed by atoms with Gasteiger partial charge in [-0.25, -0.2) is 4.39 Å². The molecular weight excluding hydrogens is 291 g/mol. The van der Waals surface area contributed by atoms with E-state index in [1.165, 1.54) is 12.1 Å². The van der Waals surface area contributed by atoms with Crippen LogP contribution < -0.4 is 4.74 Å². The van der Waals surface area contributed by atoms with E-state index >= 15 is 0 Å². The lowest BCUT2D eigenvalue weighted by atomic mass is 9.97. The number of allylic oxidation sites excluding steroid dienone is 4. The molecule has 0 saturated heterocycles. The largest absolute Gasteiger partial charge is 0.496 e. The summed E-state index contributed by atoms with van der Waals surface area (Å²) in [6.45, 7) is 7.89. The predicted octanol–water partition coefficient (Wildman–Crippen LogP) is 5.52. The van der Waals surface area contributed by atoms with Gasteiger partial charge in [-0.2, -0.15) is 0 Å². The molecule has 2 rings (SSSR count). The van der Waals surface area contributed by atoms with Crippen molar-refractivity contribution in [2.75, 3.05) is 7.11 Å². The van der Waals surface area contributed by atoms with E-state index in [1.54, 1.807) is 13.2 Å². The Hall–Kier alpha value is -2.29. The lowest BCUT2D eigenvalue weighted by Gasteiger charge is -2.24. The quantitative estimate of drug-likeness (QED) is 0.508. The molecular formula is C20H23FO2. The Labute approximate surface area is 137 Å². The number of hydrogen-bond acceptors (Lipinski definition) is 2. The van der Waals surface area contributed by atoms with E-state index in [2.05, 4.69) is 13.5 Å². The Balaban J connectivity index is 2.67. The van der Waals surface area contributed by atoms with Gasteiger partial charge in [-0.3, -0.25) is 0 Å². The molecule has 1 aromatic rings. The fourth-order valence-electron chi connectivity index (χ4n) is 2.53. The van der Waals surface area contributed by atoms with Crippen LogP contribution in [-0.4, -0.2) is 13.2 Å². The van der Waals surface area contributed by atoms with E-state index in [0.29, 0.717) is 17.1 Å². The average molecular weight is 314 g/mol. The third kappa shape index (κ3) is 3.73. The molecule has 2 nitrogen and oxygen atoms in total. The summed E-state index contributed by atoms with van der Waals surface area (Å²) in [5.41, 5.74) is 2.20. The number of fused-ring (bicyclic) bond motifs is 1. The first-order valence-corrected chi connectivity index (χ1v) is 7.90. The van der Waals surface area contributed by atoms with Crippen LogP contribution in [0.2, 0.25) is 0 Å². The average Bonchev–Trinajstić information content (AvgIpc) is 2.57. The normalized spacial score (nSPS) is 17.5. The van der Waals surface area contributed by atoms with Gasteiger partial charge in [-0.05, 0) is 37.1 Å². The van der Waals surface area contributed by atoms with Crippen LogP contribution in [0.4, 0.5) is 4.39 Å². The summed E-state index contributed by atoms with van der Waals surface area (Å²) in [5.74, 6) is 0.977. The number of hydrogen-bond donors (Lipinski definition) is 0. The molecule has 3 heteroatoms. The molecule has 23 heavy (non-hydrogen) atoms. The second-order valence-electron chi connectivity index (χ2n) is 5.29. The minimum Gasteiger partial charge on any atom is -0.496 e. The van der Waals surface area contributed by atoms with Crippen molar-refractivity contribution in [1.29, 1.82) is 0 Å². The van der Waals surface area contributed by atoms with Crippen LogP contribution in [0.25, 0.3) is 11.6 Å². The van der Waals surface area contributed by atoms with Gasteiger partial charge in [0.2, 0.25) is 0 Å². The van der Waals surface area contributed by atoms with Gasteiger partial charge in [0.1, 0.15) is 23.4 Å². The molecule has 0 fully saturated rings. The molecule has 0 aliphatic carbocycles. The van der Waals surface area contributed by atoms with E-state index in [4.69, 9.17) is 9.47 Å². The van der Waals surface area contributed by atoms with E-state index in [-0.39, 0.29) is 11.9 Å². The lowest BCUT2D eigenvalue weighted by Crippen LogP contribution is -2.17. The summed E-state index contributed by atoms with van der Waals surface area (Å²) in [6.07, 6.45) is 11.2. The number of halogens is 1. The summed E-state index contributed by atoms with van der Waals surface area (Å²) in [6, 6.07) is 2.98. The second kappa shape index (κ2) is 7.82. The first kappa shape index (κ1) is 17.1. The summed E-state index contributed by atoms with van der Waals surface area (Å²) in [5, 5.41) is 0. The van der Waals surface area contributed by atoms with Crippen LogP contribution in [-0.2, 0) is 4.74 Å². The fourth-order valence-corrected chi connectivity index (χ4v) is 2.53. The highest BCUT2D eigenvalue weighted by molar-refractivity contribution is 5.83. The third-order valence-corrected chi connectivity index (χ3v) is 3.73. The number of benzene rings is 1. The van der Waals surface area contributed by atoms with Crippen molar-refractivity contribution in [1.82, 2.24) is 0 Å². The zero-order valence-corrected chi connectivity index (χ0v) is 13.9. The van der Waals surface area contributed by atoms with Gasteiger partial charge in [-0.1, -0.05) is 38.7 Å². The first-order valence-electron chi connectivity index (χ1n) is 7.90. The van der Waals surface area contributed by atoms with Crippen LogP contribution in [0, 0.1) is 5.82 Å². The van der Waals surface area contributed by atoms with Gasteiger partial charge in [0.15, 0.2) is 0 Å². The number of methoxy groups -OCH3 is 1. The van der Waals surface area contributed by atoms with Gasteiger partial charge >= 0.3 is 0 Å². The molecule has 0 amide bonds. The molecule has 1 atom stereocenters. The zero-order valence-electron chi connectivity index (χ0n) is 13.9. The second-order valence-corrected chi connectivity index (χ2v) is 5.29. The van der Waals surface area contributed by atoms with E-state index in [0.717, 1.165) is 24.0 Å². The summed E-state index contributed by atoms with van der Waals surface area (Å²) in [7, 11) is 1.58. The highest BCUT2D eigenvalue weighted by atomic mass is 19.1. The van der Waals surface area contributed by atoms with Crippen molar-refractivity contribution in [2.45, 2.75) is 32.8 Å². The van der Waals surface area contributed by atoms with Crippen molar-refractivity contribution in [2.24, 2.45) is 0 Å². The van der Waals surface area contributed by atoms with E-state index in [1.807, 2.05) is 31.2 Å². The maximum Gasteiger partial charge on any atom is 0.135 e. The van der Waals surface area contributed by atoms with Crippen molar-refractivity contribution >= 4 is 11.6 Å². The minimum atomic E-state index is -0.302. The van der Waals surface area contributed by atoms with Gasteiger partial charge in [0, 0.05) is 16.7 Å². The van der Waals surface area contributed by atoms with Crippen molar-refractivity contribution < 1.29 is 13.9 Å². The van der Waals surface area contributed by atoms with Crippen LogP contribution in [0.1, 0.15) is 37.8 Å². The molecule has 1 heterocycles. The molecule has 122 valence electrons. The van der Waals surface area contributed by atoms with Crippen molar-refractivity contribution in [3.8, 4) is 5.75 Å². The van der Waals surface area contributed by atoms with Gasteiger partial charge in [0.25, 0.3) is 0 Å². The molecule has 1 aliphatic rings. The SMILES string of the molecule is C=C/C(OC)=C(\C=C/CC)c1cc(F)cc2c1O[C@@H](CC)C=C2. The molecule has 1 aliphatic heterocycles. The molecule has 0 bridgehead atoms. The van der Waals surface area contributed by atoms with Gasteiger partial charge < -0.3 is 9.47 Å². The third-order valence-electron chi connectivity index (χ3n) is 3.73. The molecule has 0 aromatic heterocycles. The molecule has 0 unspecified atom stereocenters.